The Morgan fingerprint density at radius 2 is 2.19 bits per heavy atom. The summed E-state index contributed by atoms with van der Waals surface area (Å²) in [4.78, 5) is 27.7. The van der Waals surface area contributed by atoms with Crippen molar-refractivity contribution in [2.24, 2.45) is 5.92 Å². The Bertz CT molecular complexity index is 730. The summed E-state index contributed by atoms with van der Waals surface area (Å²) in [6.45, 7) is 1.67. The van der Waals surface area contributed by atoms with Gasteiger partial charge in [0.25, 0.3) is 0 Å². The normalized spacial score (nSPS) is 21.3. The fourth-order valence-electron chi connectivity index (χ4n) is 3.60. The Morgan fingerprint density at radius 3 is 2.96 bits per heavy atom. The minimum Gasteiger partial charge on any atom is -0.481 e. The topological polar surface area (TPSA) is 103 Å². The third kappa shape index (κ3) is 5.40. The second-order valence-electron chi connectivity index (χ2n) is 6.89. The maximum absolute atomic E-state index is 12.5. The van der Waals surface area contributed by atoms with Gasteiger partial charge in [0.2, 0.25) is 0 Å². The molecule has 1 aliphatic heterocycles. The molecule has 0 bridgehead atoms. The summed E-state index contributed by atoms with van der Waals surface area (Å²) in [5, 5.41) is 18.7. The monoisotopic (exact) mass is 370 g/mol. The lowest BCUT2D eigenvalue weighted by atomic mass is 9.81. The van der Waals surface area contributed by atoms with Crippen molar-refractivity contribution in [3.8, 4) is 0 Å². The van der Waals surface area contributed by atoms with Gasteiger partial charge < -0.3 is 21.1 Å². The maximum atomic E-state index is 12.5. The first-order chi connectivity index (χ1) is 13.1. The van der Waals surface area contributed by atoms with E-state index < -0.39 is 5.97 Å². The molecule has 0 aromatic carbocycles. The quantitative estimate of drug-likeness (QED) is 0.491. The number of hydrogen-bond donors (Lipinski definition) is 4. The number of carbonyl (C=O) groups excluding carboxylic acids is 1. The number of Topliss-reactive ketones (excluding diaryl/α,β-unsaturated/α-hetero) is 1. The summed E-state index contributed by atoms with van der Waals surface area (Å²) < 4.78 is 0. The molecule has 2 aliphatic rings. The summed E-state index contributed by atoms with van der Waals surface area (Å²) in [6.07, 6.45) is 8.12. The number of carbonyl (C=O) groups is 2. The zero-order chi connectivity index (χ0) is 19.1. The molecule has 2 unspecified atom stereocenters. The SMILES string of the molecule is O=C(O)CC1CC=CC2=C1CCC(C(=O)CNCCNc1ccccn1)N2. The number of pyridine rings is 1. The lowest BCUT2D eigenvalue weighted by Gasteiger charge is -2.33. The van der Waals surface area contributed by atoms with Gasteiger partial charge in [0.1, 0.15) is 5.82 Å². The molecule has 4 N–H and O–H groups in total. The number of carboxylic acid groups (broad SMARTS) is 1. The summed E-state index contributed by atoms with van der Waals surface area (Å²) in [7, 11) is 0. The van der Waals surface area contributed by atoms with Crippen molar-refractivity contribution in [2.75, 3.05) is 25.0 Å². The number of anilines is 1. The van der Waals surface area contributed by atoms with E-state index in [0.717, 1.165) is 36.4 Å². The number of aliphatic carboxylic acids is 1. The largest absolute Gasteiger partial charge is 0.481 e. The number of ketones is 1. The van der Waals surface area contributed by atoms with E-state index in [4.69, 9.17) is 5.11 Å². The molecule has 1 aromatic rings. The highest BCUT2D eigenvalue weighted by molar-refractivity contribution is 5.86. The van der Waals surface area contributed by atoms with Crippen LogP contribution in [0.15, 0.2) is 47.8 Å². The Kier molecular flexibility index (Phi) is 6.59. The molecule has 3 rings (SSSR count). The van der Waals surface area contributed by atoms with E-state index in [1.165, 1.54) is 0 Å². The third-order valence-corrected chi connectivity index (χ3v) is 4.96. The molecule has 0 saturated carbocycles. The van der Waals surface area contributed by atoms with Gasteiger partial charge in [-0.05, 0) is 49.0 Å². The maximum Gasteiger partial charge on any atom is 0.303 e. The van der Waals surface area contributed by atoms with Gasteiger partial charge in [0.05, 0.1) is 19.0 Å². The molecular formula is C20H26N4O3. The molecule has 7 nitrogen and oxygen atoms in total. The van der Waals surface area contributed by atoms with E-state index in [-0.39, 0.29) is 24.2 Å². The molecule has 0 fully saturated rings. The summed E-state index contributed by atoms with van der Waals surface area (Å²) in [5.41, 5.74) is 2.09. The van der Waals surface area contributed by atoms with Crippen LogP contribution in [0, 0.1) is 5.92 Å². The zero-order valence-corrected chi connectivity index (χ0v) is 15.3. The molecule has 2 atom stereocenters. The lowest BCUT2D eigenvalue weighted by molar-refractivity contribution is -0.137. The average molecular weight is 370 g/mol. The highest BCUT2D eigenvalue weighted by Gasteiger charge is 2.30. The third-order valence-electron chi connectivity index (χ3n) is 4.96. The Balaban J connectivity index is 1.42. The van der Waals surface area contributed by atoms with E-state index in [0.29, 0.717) is 19.6 Å². The van der Waals surface area contributed by atoms with Crippen molar-refractivity contribution in [3.63, 3.8) is 0 Å². The first kappa shape index (κ1) is 19.1. The van der Waals surface area contributed by atoms with Crippen LogP contribution in [0.5, 0.6) is 0 Å². The van der Waals surface area contributed by atoms with Crippen molar-refractivity contribution < 1.29 is 14.7 Å². The Labute approximate surface area is 159 Å². The molecule has 0 radical (unpaired) electrons. The van der Waals surface area contributed by atoms with Crippen LogP contribution in [0.25, 0.3) is 0 Å². The molecule has 2 heterocycles. The predicted octanol–water partition coefficient (Wildman–Crippen LogP) is 1.71. The Morgan fingerprint density at radius 1 is 1.30 bits per heavy atom. The second kappa shape index (κ2) is 9.32. The minimum atomic E-state index is -0.774. The number of hydrogen-bond acceptors (Lipinski definition) is 6. The molecule has 0 spiro atoms. The van der Waals surface area contributed by atoms with Crippen LogP contribution in [0.1, 0.15) is 25.7 Å². The van der Waals surface area contributed by atoms with Crippen LogP contribution in [-0.2, 0) is 9.59 Å². The average Bonchev–Trinajstić information content (AvgIpc) is 2.68. The molecule has 27 heavy (non-hydrogen) atoms. The van der Waals surface area contributed by atoms with Gasteiger partial charge in [-0.15, -0.1) is 0 Å². The van der Waals surface area contributed by atoms with Crippen LogP contribution >= 0.6 is 0 Å². The van der Waals surface area contributed by atoms with E-state index in [2.05, 4.69) is 20.9 Å². The van der Waals surface area contributed by atoms with Gasteiger partial charge >= 0.3 is 5.97 Å². The van der Waals surface area contributed by atoms with Gasteiger partial charge in [-0.25, -0.2) is 4.98 Å². The van der Waals surface area contributed by atoms with Crippen molar-refractivity contribution >= 4 is 17.6 Å². The van der Waals surface area contributed by atoms with Crippen LogP contribution < -0.4 is 16.0 Å². The molecule has 1 aromatic heterocycles. The van der Waals surface area contributed by atoms with Crippen LogP contribution in [0.2, 0.25) is 0 Å². The summed E-state index contributed by atoms with van der Waals surface area (Å²) in [6, 6.07) is 5.47. The number of allylic oxidation sites excluding steroid dienone is 3. The van der Waals surface area contributed by atoms with Gasteiger partial charge in [-0.1, -0.05) is 12.1 Å². The van der Waals surface area contributed by atoms with Crippen molar-refractivity contribution in [1.82, 2.24) is 15.6 Å². The fraction of sp³-hybridized carbons (Fsp3) is 0.450. The van der Waals surface area contributed by atoms with Gasteiger partial charge in [0, 0.05) is 25.0 Å². The predicted molar refractivity (Wildman–Crippen MR) is 103 cm³/mol. The molecular weight excluding hydrogens is 344 g/mol. The van der Waals surface area contributed by atoms with Crippen molar-refractivity contribution in [2.45, 2.75) is 31.7 Å². The number of nitrogens with one attached hydrogen (secondary N) is 3. The minimum absolute atomic E-state index is 0.0434. The molecule has 0 saturated heterocycles. The summed E-state index contributed by atoms with van der Waals surface area (Å²) in [5.74, 6) is 0.220. The summed E-state index contributed by atoms with van der Waals surface area (Å²) >= 11 is 0. The molecule has 144 valence electrons. The number of carboxylic acids is 1. The first-order valence-electron chi connectivity index (χ1n) is 9.39. The van der Waals surface area contributed by atoms with E-state index in [9.17, 15) is 9.59 Å². The number of rotatable bonds is 9. The Hall–Kier alpha value is -2.67. The molecule has 0 amide bonds. The van der Waals surface area contributed by atoms with Gasteiger partial charge in [0.15, 0.2) is 5.78 Å². The van der Waals surface area contributed by atoms with E-state index >= 15 is 0 Å². The van der Waals surface area contributed by atoms with Crippen molar-refractivity contribution in [3.05, 3.63) is 47.8 Å². The highest BCUT2D eigenvalue weighted by Crippen LogP contribution is 2.33. The van der Waals surface area contributed by atoms with Crippen molar-refractivity contribution in [1.29, 1.82) is 0 Å². The smallest absolute Gasteiger partial charge is 0.303 e. The fourth-order valence-corrected chi connectivity index (χ4v) is 3.60. The number of aromatic nitrogens is 1. The second-order valence-corrected chi connectivity index (χ2v) is 6.89. The highest BCUT2D eigenvalue weighted by atomic mass is 16.4. The van der Waals surface area contributed by atoms with Crippen LogP contribution in [-0.4, -0.2) is 47.5 Å². The first-order valence-corrected chi connectivity index (χ1v) is 9.39. The molecule has 1 aliphatic carbocycles. The van der Waals surface area contributed by atoms with Crippen LogP contribution in [0.4, 0.5) is 5.82 Å². The standard InChI is InChI=1S/C20H26N4O3/c25-18(13-21-10-11-23-19-6-1-2-9-22-19)17-8-7-15-14(12-20(26)27)4-3-5-16(15)24-17/h1-3,5-6,9,14,17,21,24H,4,7-8,10-13H2,(H,22,23)(H,26,27). The molecule has 7 heteroatoms. The zero-order valence-electron chi connectivity index (χ0n) is 15.3. The lowest BCUT2D eigenvalue weighted by Crippen LogP contribution is -2.44. The van der Waals surface area contributed by atoms with Gasteiger partial charge in [-0.2, -0.15) is 0 Å². The number of nitrogens with zero attached hydrogens (tertiary/aromatic N) is 1. The van der Waals surface area contributed by atoms with E-state index in [1.54, 1.807) is 6.20 Å². The van der Waals surface area contributed by atoms with Crippen LogP contribution in [0.3, 0.4) is 0 Å². The van der Waals surface area contributed by atoms with E-state index in [1.807, 2.05) is 30.4 Å². The van der Waals surface area contributed by atoms with Gasteiger partial charge in [-0.3, -0.25) is 9.59 Å².